The topological polar surface area (TPSA) is 252 Å². The Morgan fingerprint density at radius 3 is 1.60 bits per heavy atom. The van der Waals surface area contributed by atoms with E-state index in [2.05, 4.69) is 4.74 Å². The Morgan fingerprint density at radius 1 is 0.680 bits per heavy atom. The van der Waals surface area contributed by atoms with Gasteiger partial charge in [-0.15, -0.1) is 0 Å². The Morgan fingerprint density at radius 2 is 1.20 bits per heavy atom. The molecule has 0 saturated carbocycles. The predicted molar refractivity (Wildman–Crippen MR) is 75.3 cm³/mol. The Hall–Kier alpha value is -0.520. The number of ether oxygens (including phenoxy) is 1. The van der Waals surface area contributed by atoms with Crippen molar-refractivity contribution in [3.05, 3.63) is 0 Å². The zero-order valence-electron chi connectivity index (χ0n) is 13.0. The van der Waals surface area contributed by atoms with Crippen LogP contribution in [0.1, 0.15) is 0 Å². The molecule has 12 N–H and O–H groups in total. The number of hydrogen-bond acceptors (Lipinski definition) is 13. The SMILES string of the molecule is OCC(O)C(O)C(O)C(O)C(O)O.OC[C@H]1OC(O)[C@H](O)[C@@H](O)[C@@H]1O. The van der Waals surface area contributed by atoms with Gasteiger partial charge in [0.1, 0.15) is 48.8 Å². The van der Waals surface area contributed by atoms with Crippen LogP contribution in [-0.4, -0.2) is 136 Å². The van der Waals surface area contributed by atoms with Crippen LogP contribution in [0.4, 0.5) is 0 Å². The van der Waals surface area contributed by atoms with Gasteiger partial charge >= 0.3 is 0 Å². The van der Waals surface area contributed by atoms with E-state index >= 15 is 0 Å². The lowest BCUT2D eigenvalue weighted by Crippen LogP contribution is -2.58. The average molecular weight is 378 g/mol. The van der Waals surface area contributed by atoms with Gasteiger partial charge in [-0.25, -0.2) is 0 Å². The Kier molecular flexibility index (Phi) is 11.0. The van der Waals surface area contributed by atoms with Crippen LogP contribution >= 0.6 is 0 Å². The lowest BCUT2D eigenvalue weighted by atomic mass is 10.00. The minimum Gasteiger partial charge on any atom is -0.394 e. The fourth-order valence-corrected chi connectivity index (χ4v) is 1.80. The maximum absolute atomic E-state index is 9.12. The highest BCUT2D eigenvalue weighted by atomic mass is 16.6. The molecule has 1 saturated heterocycles. The van der Waals surface area contributed by atoms with Crippen LogP contribution in [0.25, 0.3) is 0 Å². The normalized spacial score (nSPS) is 34.7. The van der Waals surface area contributed by atoms with Crippen molar-refractivity contribution in [1.82, 2.24) is 0 Å². The molecule has 1 aliphatic heterocycles. The Balaban J connectivity index is 0.000000462. The first kappa shape index (κ1) is 24.5. The fraction of sp³-hybridized carbons (Fsp3) is 1.00. The summed E-state index contributed by atoms with van der Waals surface area (Å²) in [5.74, 6) is 0. The first-order valence-electron chi connectivity index (χ1n) is 7.17. The van der Waals surface area contributed by atoms with Crippen molar-refractivity contribution in [3.8, 4) is 0 Å². The molecule has 1 aliphatic rings. The third-order valence-electron chi connectivity index (χ3n) is 3.45. The smallest absolute Gasteiger partial charge is 0.184 e. The first-order valence-corrected chi connectivity index (χ1v) is 7.17. The molecule has 0 aliphatic carbocycles. The molecule has 9 atom stereocenters. The largest absolute Gasteiger partial charge is 0.394 e. The van der Waals surface area contributed by atoms with E-state index in [9.17, 15) is 0 Å². The Bertz CT molecular complexity index is 351. The molecule has 0 amide bonds. The summed E-state index contributed by atoms with van der Waals surface area (Å²) in [5, 5.41) is 105. The van der Waals surface area contributed by atoms with Gasteiger partial charge in [0.15, 0.2) is 12.6 Å². The van der Waals surface area contributed by atoms with Crippen molar-refractivity contribution in [3.63, 3.8) is 0 Å². The summed E-state index contributed by atoms with van der Waals surface area (Å²) in [6, 6.07) is 0. The van der Waals surface area contributed by atoms with E-state index in [1.54, 1.807) is 0 Å². The van der Waals surface area contributed by atoms with Gasteiger partial charge in [0.25, 0.3) is 0 Å². The summed E-state index contributed by atoms with van der Waals surface area (Å²) in [6.45, 7) is -1.34. The molecule has 13 heteroatoms. The summed E-state index contributed by atoms with van der Waals surface area (Å²) in [6.07, 6.45) is -16.7. The van der Waals surface area contributed by atoms with Gasteiger partial charge in [-0.3, -0.25) is 0 Å². The first-order chi connectivity index (χ1) is 11.5. The van der Waals surface area contributed by atoms with Crippen LogP contribution in [-0.2, 0) is 4.74 Å². The lowest BCUT2D eigenvalue weighted by molar-refractivity contribution is -0.286. The zero-order chi connectivity index (χ0) is 19.9. The van der Waals surface area contributed by atoms with Crippen LogP contribution in [0.5, 0.6) is 0 Å². The number of rotatable bonds is 6. The summed E-state index contributed by atoms with van der Waals surface area (Å²) in [7, 11) is 0. The highest BCUT2D eigenvalue weighted by molar-refractivity contribution is 4.88. The summed E-state index contributed by atoms with van der Waals surface area (Å²) in [5.41, 5.74) is 0. The van der Waals surface area contributed by atoms with Crippen LogP contribution in [0, 0.1) is 0 Å². The van der Waals surface area contributed by atoms with E-state index in [0.29, 0.717) is 0 Å². The molecule has 13 nitrogen and oxygen atoms in total. The van der Waals surface area contributed by atoms with Crippen molar-refractivity contribution in [2.24, 2.45) is 0 Å². The number of aliphatic hydroxyl groups is 12. The van der Waals surface area contributed by atoms with Crippen LogP contribution in [0.3, 0.4) is 0 Å². The third-order valence-corrected chi connectivity index (χ3v) is 3.45. The van der Waals surface area contributed by atoms with Gasteiger partial charge in [0.05, 0.1) is 13.2 Å². The van der Waals surface area contributed by atoms with E-state index in [1.165, 1.54) is 0 Å². The molecule has 152 valence electrons. The van der Waals surface area contributed by atoms with E-state index < -0.39 is 74.6 Å². The summed E-state index contributed by atoms with van der Waals surface area (Å²) >= 11 is 0. The molecular formula is C12H26O13. The van der Waals surface area contributed by atoms with Crippen LogP contribution < -0.4 is 0 Å². The molecule has 0 aromatic heterocycles. The molecule has 0 aromatic carbocycles. The van der Waals surface area contributed by atoms with Gasteiger partial charge in [-0.2, -0.15) is 0 Å². The summed E-state index contributed by atoms with van der Waals surface area (Å²) in [4.78, 5) is 0. The molecule has 0 aromatic rings. The molecule has 1 fully saturated rings. The van der Waals surface area contributed by atoms with Crippen molar-refractivity contribution < 1.29 is 66.0 Å². The predicted octanol–water partition coefficient (Wildman–Crippen LogP) is -7.49. The minimum absolute atomic E-state index is 0.526. The van der Waals surface area contributed by atoms with Gasteiger partial charge in [0, 0.05) is 0 Å². The van der Waals surface area contributed by atoms with Gasteiger partial charge in [-0.05, 0) is 0 Å². The third kappa shape index (κ3) is 6.95. The standard InChI is InChI=1S/C6H14O7.C6H12O6/c7-1-2(8)3(9)4(10)5(11)6(12)13;7-1-2-3(8)4(9)5(10)6(11)12-2/h2-13H,1H2;2-11H,1H2/t;2-,3-,4+,5-,6?/m.1/s1. The van der Waals surface area contributed by atoms with Crippen molar-refractivity contribution >= 4 is 0 Å². The van der Waals surface area contributed by atoms with Crippen molar-refractivity contribution in [1.29, 1.82) is 0 Å². The van der Waals surface area contributed by atoms with Crippen LogP contribution in [0.2, 0.25) is 0 Å². The van der Waals surface area contributed by atoms with E-state index in [1.807, 2.05) is 0 Å². The molecule has 25 heavy (non-hydrogen) atoms. The number of aliphatic hydroxyl groups excluding tert-OH is 11. The van der Waals surface area contributed by atoms with Crippen molar-refractivity contribution in [2.75, 3.05) is 13.2 Å². The molecule has 0 spiro atoms. The second-order valence-electron chi connectivity index (χ2n) is 5.35. The maximum atomic E-state index is 9.12. The molecule has 0 bridgehead atoms. The molecule has 1 heterocycles. The molecular weight excluding hydrogens is 352 g/mol. The fourth-order valence-electron chi connectivity index (χ4n) is 1.80. The number of hydrogen-bond donors (Lipinski definition) is 12. The van der Waals surface area contributed by atoms with Crippen LogP contribution in [0.15, 0.2) is 0 Å². The monoisotopic (exact) mass is 378 g/mol. The molecule has 0 radical (unpaired) electrons. The summed E-state index contributed by atoms with van der Waals surface area (Å²) < 4.78 is 4.58. The molecule has 5 unspecified atom stereocenters. The lowest BCUT2D eigenvalue weighted by Gasteiger charge is -2.37. The van der Waals surface area contributed by atoms with E-state index in [0.717, 1.165) is 0 Å². The van der Waals surface area contributed by atoms with Gasteiger partial charge in [-0.1, -0.05) is 0 Å². The quantitative estimate of drug-likeness (QED) is 0.192. The maximum Gasteiger partial charge on any atom is 0.184 e. The van der Waals surface area contributed by atoms with Gasteiger partial charge in [0.2, 0.25) is 0 Å². The van der Waals surface area contributed by atoms with E-state index in [-0.39, 0.29) is 0 Å². The highest BCUT2D eigenvalue weighted by Gasteiger charge is 2.42. The van der Waals surface area contributed by atoms with Crippen molar-refractivity contribution in [2.45, 2.75) is 61.4 Å². The second-order valence-corrected chi connectivity index (χ2v) is 5.35. The highest BCUT2D eigenvalue weighted by Crippen LogP contribution is 2.19. The van der Waals surface area contributed by atoms with E-state index in [4.69, 9.17) is 61.3 Å². The Labute approximate surface area is 141 Å². The minimum atomic E-state index is -2.23. The molecule has 1 rings (SSSR count). The average Bonchev–Trinajstić information content (AvgIpc) is 2.60. The van der Waals surface area contributed by atoms with Gasteiger partial charge < -0.3 is 66.0 Å². The second kappa shape index (κ2) is 11.2. The zero-order valence-corrected chi connectivity index (χ0v) is 13.0.